The van der Waals surface area contributed by atoms with Gasteiger partial charge in [0.05, 0.1) is 0 Å². The molecule has 17 heavy (non-hydrogen) atoms. The van der Waals surface area contributed by atoms with E-state index in [1.165, 1.54) is 5.57 Å². The molecule has 0 bridgehead atoms. The maximum atomic E-state index is 5.98. The molecule has 3 heteroatoms. The Morgan fingerprint density at radius 3 is 2.65 bits per heavy atom. The monoisotopic (exact) mass is 315 g/mol. The standard InChI is InChI=1S/C14H19BrClN/c1-10(9-17-14(2,3)4)7-11-8-12(16)5-6-13(11)15/h5-8,17H,9H2,1-4H3. The number of halogens is 2. The lowest BCUT2D eigenvalue weighted by atomic mass is 10.1. The van der Waals surface area contributed by atoms with Gasteiger partial charge in [-0.2, -0.15) is 0 Å². The average Bonchev–Trinajstić information content (AvgIpc) is 2.20. The smallest absolute Gasteiger partial charge is 0.0412 e. The van der Waals surface area contributed by atoms with Gasteiger partial charge in [0.15, 0.2) is 0 Å². The Hall–Kier alpha value is -0.310. The van der Waals surface area contributed by atoms with Gasteiger partial charge in [-0.3, -0.25) is 0 Å². The largest absolute Gasteiger partial charge is 0.308 e. The van der Waals surface area contributed by atoms with Crippen molar-refractivity contribution in [3.8, 4) is 0 Å². The summed E-state index contributed by atoms with van der Waals surface area (Å²) in [6.07, 6.45) is 2.15. The van der Waals surface area contributed by atoms with Gasteiger partial charge in [-0.25, -0.2) is 0 Å². The summed E-state index contributed by atoms with van der Waals surface area (Å²) in [5.74, 6) is 0. The SMILES string of the molecule is CC(=Cc1cc(Cl)ccc1Br)CNC(C)(C)C. The fourth-order valence-electron chi connectivity index (χ4n) is 1.35. The summed E-state index contributed by atoms with van der Waals surface area (Å²) in [6, 6.07) is 5.82. The van der Waals surface area contributed by atoms with Crippen LogP contribution in [0.15, 0.2) is 28.2 Å². The molecule has 0 heterocycles. The molecule has 0 unspecified atom stereocenters. The molecule has 1 aromatic carbocycles. The van der Waals surface area contributed by atoms with Gasteiger partial charge in [0.2, 0.25) is 0 Å². The third-order valence-electron chi connectivity index (χ3n) is 2.26. The lowest BCUT2D eigenvalue weighted by molar-refractivity contribution is 0.445. The second-order valence-electron chi connectivity index (χ2n) is 5.26. The highest BCUT2D eigenvalue weighted by molar-refractivity contribution is 9.10. The van der Waals surface area contributed by atoms with E-state index in [1.54, 1.807) is 0 Å². The molecule has 0 amide bonds. The normalized spacial score (nSPS) is 12.9. The summed E-state index contributed by atoms with van der Waals surface area (Å²) in [5.41, 5.74) is 2.54. The van der Waals surface area contributed by atoms with Crippen molar-refractivity contribution < 1.29 is 0 Å². The molecule has 0 fully saturated rings. The Morgan fingerprint density at radius 1 is 1.41 bits per heavy atom. The van der Waals surface area contributed by atoms with Gasteiger partial charge in [0.1, 0.15) is 0 Å². The van der Waals surface area contributed by atoms with Gasteiger partial charge in [0.25, 0.3) is 0 Å². The molecular formula is C14H19BrClN. The molecule has 0 radical (unpaired) electrons. The van der Waals surface area contributed by atoms with Gasteiger partial charge in [0, 0.05) is 21.6 Å². The molecule has 0 saturated carbocycles. The molecule has 0 aliphatic heterocycles. The van der Waals surface area contributed by atoms with Crippen LogP contribution in [0.5, 0.6) is 0 Å². The summed E-state index contributed by atoms with van der Waals surface area (Å²) in [5, 5.41) is 4.22. The first-order valence-corrected chi connectivity index (χ1v) is 6.82. The van der Waals surface area contributed by atoms with Gasteiger partial charge >= 0.3 is 0 Å². The number of hydrogen-bond donors (Lipinski definition) is 1. The lowest BCUT2D eigenvalue weighted by Gasteiger charge is -2.20. The number of benzene rings is 1. The average molecular weight is 317 g/mol. The topological polar surface area (TPSA) is 12.0 Å². The Balaban J connectivity index is 2.77. The van der Waals surface area contributed by atoms with Crippen molar-refractivity contribution in [1.29, 1.82) is 0 Å². The van der Waals surface area contributed by atoms with Crippen LogP contribution in [0.4, 0.5) is 0 Å². The summed E-state index contributed by atoms with van der Waals surface area (Å²) >= 11 is 9.51. The predicted octanol–water partition coefficient (Wildman–Crippen LogP) is 4.89. The highest BCUT2D eigenvalue weighted by Gasteiger charge is 2.08. The van der Waals surface area contributed by atoms with Gasteiger partial charge in [-0.15, -0.1) is 0 Å². The molecule has 0 aliphatic rings. The number of hydrogen-bond acceptors (Lipinski definition) is 1. The third-order valence-corrected chi connectivity index (χ3v) is 3.21. The van der Waals surface area contributed by atoms with Crippen LogP contribution < -0.4 is 5.32 Å². The van der Waals surface area contributed by atoms with Crippen molar-refractivity contribution in [2.45, 2.75) is 33.2 Å². The molecule has 0 saturated heterocycles. The second kappa shape index (κ2) is 6.03. The predicted molar refractivity (Wildman–Crippen MR) is 80.6 cm³/mol. The van der Waals surface area contributed by atoms with E-state index in [0.717, 1.165) is 21.6 Å². The van der Waals surface area contributed by atoms with E-state index in [-0.39, 0.29) is 5.54 Å². The molecule has 0 aliphatic carbocycles. The third kappa shape index (κ3) is 5.71. The summed E-state index contributed by atoms with van der Waals surface area (Å²) in [7, 11) is 0. The Labute approximate surface area is 117 Å². The van der Waals surface area contributed by atoms with E-state index in [1.807, 2.05) is 18.2 Å². The van der Waals surface area contributed by atoms with Crippen LogP contribution in [0.2, 0.25) is 5.02 Å². The molecule has 94 valence electrons. The van der Waals surface area contributed by atoms with E-state index in [4.69, 9.17) is 11.6 Å². The van der Waals surface area contributed by atoms with E-state index in [2.05, 4.69) is 55.0 Å². The van der Waals surface area contributed by atoms with Gasteiger partial charge in [-0.05, 0) is 51.5 Å². The van der Waals surface area contributed by atoms with E-state index in [9.17, 15) is 0 Å². The van der Waals surface area contributed by atoms with Gasteiger partial charge < -0.3 is 5.32 Å². The van der Waals surface area contributed by atoms with Crippen LogP contribution in [-0.4, -0.2) is 12.1 Å². The molecule has 1 nitrogen and oxygen atoms in total. The Kier molecular flexibility index (Phi) is 5.23. The zero-order valence-electron chi connectivity index (χ0n) is 10.8. The van der Waals surface area contributed by atoms with Crippen LogP contribution in [0.1, 0.15) is 33.3 Å². The van der Waals surface area contributed by atoms with Crippen molar-refractivity contribution in [2.75, 3.05) is 6.54 Å². The maximum absolute atomic E-state index is 5.98. The molecule has 0 atom stereocenters. The van der Waals surface area contributed by atoms with Crippen LogP contribution in [0.3, 0.4) is 0 Å². The number of rotatable bonds is 3. The summed E-state index contributed by atoms with van der Waals surface area (Å²) in [6.45, 7) is 9.48. The fourth-order valence-corrected chi connectivity index (χ4v) is 1.89. The van der Waals surface area contributed by atoms with E-state index in [0.29, 0.717) is 0 Å². The van der Waals surface area contributed by atoms with Crippen LogP contribution in [0, 0.1) is 0 Å². The zero-order chi connectivity index (χ0) is 13.1. The van der Waals surface area contributed by atoms with Gasteiger partial charge in [-0.1, -0.05) is 39.2 Å². The Morgan fingerprint density at radius 2 is 2.06 bits per heavy atom. The minimum absolute atomic E-state index is 0.140. The van der Waals surface area contributed by atoms with Crippen molar-refractivity contribution in [3.63, 3.8) is 0 Å². The Bertz CT molecular complexity index is 419. The van der Waals surface area contributed by atoms with Crippen molar-refractivity contribution in [2.24, 2.45) is 0 Å². The highest BCUT2D eigenvalue weighted by atomic mass is 79.9. The van der Waals surface area contributed by atoms with Crippen LogP contribution in [-0.2, 0) is 0 Å². The minimum atomic E-state index is 0.140. The second-order valence-corrected chi connectivity index (χ2v) is 6.55. The molecule has 1 rings (SSSR count). The first kappa shape index (κ1) is 14.7. The van der Waals surface area contributed by atoms with Crippen molar-refractivity contribution >= 4 is 33.6 Å². The fraction of sp³-hybridized carbons (Fsp3) is 0.429. The first-order valence-electron chi connectivity index (χ1n) is 5.65. The molecule has 0 aromatic heterocycles. The lowest BCUT2D eigenvalue weighted by Crippen LogP contribution is -2.36. The summed E-state index contributed by atoms with van der Waals surface area (Å²) < 4.78 is 1.07. The molecule has 1 N–H and O–H groups in total. The van der Waals surface area contributed by atoms with E-state index >= 15 is 0 Å². The zero-order valence-corrected chi connectivity index (χ0v) is 13.1. The van der Waals surface area contributed by atoms with Crippen LogP contribution in [0.25, 0.3) is 6.08 Å². The quantitative estimate of drug-likeness (QED) is 0.837. The van der Waals surface area contributed by atoms with Crippen molar-refractivity contribution in [3.05, 3.63) is 38.8 Å². The van der Waals surface area contributed by atoms with Crippen LogP contribution >= 0.6 is 27.5 Å². The first-order chi connectivity index (χ1) is 7.78. The molecule has 0 spiro atoms. The maximum Gasteiger partial charge on any atom is 0.0412 e. The van der Waals surface area contributed by atoms with Crippen molar-refractivity contribution in [1.82, 2.24) is 5.32 Å². The number of nitrogens with one attached hydrogen (secondary N) is 1. The van der Waals surface area contributed by atoms with E-state index < -0.39 is 0 Å². The minimum Gasteiger partial charge on any atom is -0.308 e. The molecular weight excluding hydrogens is 298 g/mol. The highest BCUT2D eigenvalue weighted by Crippen LogP contribution is 2.23. The summed E-state index contributed by atoms with van der Waals surface area (Å²) in [4.78, 5) is 0. The molecule has 1 aromatic rings.